The molecule has 100 valence electrons. The van der Waals surface area contributed by atoms with Gasteiger partial charge in [-0.25, -0.2) is 0 Å². The first-order valence-electron chi connectivity index (χ1n) is 5.67. The molecule has 0 aliphatic carbocycles. The average Bonchev–Trinajstić information content (AvgIpc) is 2.29. The molecule has 0 aromatic heterocycles. The topological polar surface area (TPSA) is 83.8 Å². The first kappa shape index (κ1) is 14.9. The Morgan fingerprint density at radius 3 is 2.50 bits per heavy atom. The summed E-state index contributed by atoms with van der Waals surface area (Å²) < 4.78 is 16.3. The van der Waals surface area contributed by atoms with Crippen LogP contribution in [0.15, 0.2) is 30.3 Å². The normalized spacial score (nSPS) is 15.9. The van der Waals surface area contributed by atoms with Crippen LogP contribution >= 0.6 is 7.60 Å². The molecule has 0 spiro atoms. The van der Waals surface area contributed by atoms with E-state index in [-0.39, 0.29) is 19.2 Å². The minimum Gasteiger partial charge on any atom is -0.481 e. The molecule has 0 saturated carbocycles. The summed E-state index contributed by atoms with van der Waals surface area (Å²) in [5.41, 5.74) is 0.821. The van der Waals surface area contributed by atoms with Gasteiger partial charge >= 0.3 is 13.6 Å². The van der Waals surface area contributed by atoms with E-state index in [2.05, 4.69) is 0 Å². The van der Waals surface area contributed by atoms with Crippen molar-refractivity contribution in [1.82, 2.24) is 0 Å². The number of aliphatic carboxylic acids is 1. The van der Waals surface area contributed by atoms with E-state index in [9.17, 15) is 14.3 Å². The summed E-state index contributed by atoms with van der Waals surface area (Å²) in [5, 5.41) is 9.08. The monoisotopic (exact) mass is 272 g/mol. The highest BCUT2D eigenvalue weighted by atomic mass is 31.2. The molecular weight excluding hydrogens is 255 g/mol. The number of carboxylic acid groups (broad SMARTS) is 1. The molecule has 2 atom stereocenters. The Morgan fingerprint density at radius 1 is 1.39 bits per heavy atom. The Labute approximate surface area is 106 Å². The lowest BCUT2D eigenvalue weighted by molar-refractivity contribution is -0.141. The van der Waals surface area contributed by atoms with Gasteiger partial charge in [0, 0.05) is 0 Å². The van der Waals surface area contributed by atoms with Crippen molar-refractivity contribution < 1.29 is 23.9 Å². The van der Waals surface area contributed by atoms with E-state index in [4.69, 9.17) is 9.63 Å². The Balaban J connectivity index is 2.73. The van der Waals surface area contributed by atoms with Crippen LogP contribution in [0.4, 0.5) is 0 Å². The molecule has 2 N–H and O–H groups in total. The summed E-state index contributed by atoms with van der Waals surface area (Å²) in [6.07, 6.45) is -0.154. The average molecular weight is 272 g/mol. The molecule has 0 radical (unpaired) electrons. The third-order valence-corrected chi connectivity index (χ3v) is 4.02. The molecule has 5 nitrogen and oxygen atoms in total. The van der Waals surface area contributed by atoms with Crippen LogP contribution in [-0.4, -0.2) is 28.7 Å². The quantitative estimate of drug-likeness (QED) is 0.743. The van der Waals surface area contributed by atoms with Gasteiger partial charge in [-0.05, 0) is 18.9 Å². The molecule has 0 bridgehead atoms. The van der Waals surface area contributed by atoms with Gasteiger partial charge in [0.25, 0.3) is 0 Å². The molecular formula is C12H17O5P. The molecule has 0 amide bonds. The van der Waals surface area contributed by atoms with Gasteiger partial charge < -0.3 is 14.5 Å². The van der Waals surface area contributed by atoms with E-state index in [1.807, 2.05) is 6.07 Å². The zero-order valence-electron chi connectivity index (χ0n) is 10.2. The maximum absolute atomic E-state index is 11.6. The predicted molar refractivity (Wildman–Crippen MR) is 67.6 cm³/mol. The molecule has 1 unspecified atom stereocenters. The highest BCUT2D eigenvalue weighted by Crippen LogP contribution is 2.44. The number of carboxylic acids is 1. The molecule has 0 aliphatic heterocycles. The fourth-order valence-corrected chi connectivity index (χ4v) is 3.01. The van der Waals surface area contributed by atoms with Crippen molar-refractivity contribution in [2.24, 2.45) is 5.92 Å². The minimum atomic E-state index is -3.82. The lowest BCUT2D eigenvalue weighted by Crippen LogP contribution is -2.21. The van der Waals surface area contributed by atoms with Gasteiger partial charge in [-0.3, -0.25) is 9.36 Å². The Bertz CT molecular complexity index is 431. The highest BCUT2D eigenvalue weighted by Gasteiger charge is 2.29. The van der Waals surface area contributed by atoms with Gasteiger partial charge in [0.2, 0.25) is 0 Å². The van der Waals surface area contributed by atoms with Crippen LogP contribution in [0.2, 0.25) is 0 Å². The van der Waals surface area contributed by atoms with E-state index < -0.39 is 19.5 Å². The van der Waals surface area contributed by atoms with E-state index in [0.29, 0.717) is 0 Å². The van der Waals surface area contributed by atoms with Gasteiger partial charge in [-0.1, -0.05) is 30.3 Å². The largest absolute Gasteiger partial charge is 0.481 e. The molecule has 18 heavy (non-hydrogen) atoms. The van der Waals surface area contributed by atoms with Crippen LogP contribution < -0.4 is 0 Å². The van der Waals surface area contributed by atoms with E-state index in [1.165, 1.54) is 0 Å². The van der Waals surface area contributed by atoms with Crippen LogP contribution in [0.3, 0.4) is 0 Å². The minimum absolute atomic E-state index is 0.0887. The van der Waals surface area contributed by atoms with Gasteiger partial charge in [0.1, 0.15) is 0 Å². The molecule has 1 aromatic rings. The molecule has 1 rings (SSSR count). The van der Waals surface area contributed by atoms with Crippen LogP contribution in [0, 0.1) is 5.92 Å². The lowest BCUT2D eigenvalue weighted by Gasteiger charge is -2.16. The van der Waals surface area contributed by atoms with Crippen molar-refractivity contribution in [3.05, 3.63) is 35.9 Å². The zero-order chi connectivity index (χ0) is 13.6. The first-order chi connectivity index (χ1) is 8.44. The molecule has 0 aliphatic rings. The van der Waals surface area contributed by atoms with Crippen molar-refractivity contribution in [2.75, 3.05) is 12.8 Å². The number of hydrogen-bond donors (Lipinski definition) is 2. The summed E-state index contributed by atoms with van der Waals surface area (Å²) in [4.78, 5) is 20.6. The number of rotatable bonds is 7. The van der Waals surface area contributed by atoms with Crippen LogP contribution in [-0.2, 0) is 20.3 Å². The van der Waals surface area contributed by atoms with Gasteiger partial charge in [0.05, 0.1) is 18.7 Å². The van der Waals surface area contributed by atoms with E-state index in [1.54, 1.807) is 31.2 Å². The number of hydrogen-bond acceptors (Lipinski definition) is 3. The van der Waals surface area contributed by atoms with E-state index >= 15 is 0 Å². The Hall–Kier alpha value is -1.16. The van der Waals surface area contributed by atoms with Gasteiger partial charge in [-0.15, -0.1) is 0 Å². The summed E-state index contributed by atoms with van der Waals surface area (Å²) >= 11 is 0. The highest BCUT2D eigenvalue weighted by molar-refractivity contribution is 7.52. The molecule has 1 aromatic carbocycles. The van der Waals surface area contributed by atoms with Crippen molar-refractivity contribution in [1.29, 1.82) is 0 Å². The Morgan fingerprint density at radius 2 is 2.00 bits per heavy atom. The van der Waals surface area contributed by atoms with Crippen molar-refractivity contribution >= 4 is 13.6 Å². The lowest BCUT2D eigenvalue weighted by atomic mass is 10.0. The second-order valence-corrected chi connectivity index (χ2v) is 5.86. The summed E-state index contributed by atoms with van der Waals surface area (Å²) in [5.74, 6) is -2.01. The zero-order valence-corrected chi connectivity index (χ0v) is 11.0. The van der Waals surface area contributed by atoms with Gasteiger partial charge in [-0.2, -0.15) is 0 Å². The third-order valence-electron chi connectivity index (χ3n) is 2.46. The fraction of sp³-hybridized carbons (Fsp3) is 0.417. The smallest absolute Gasteiger partial charge is 0.328 e. The molecule has 0 heterocycles. The van der Waals surface area contributed by atoms with Crippen LogP contribution in [0.5, 0.6) is 0 Å². The fourth-order valence-electron chi connectivity index (χ4n) is 1.66. The van der Waals surface area contributed by atoms with Crippen LogP contribution in [0.25, 0.3) is 0 Å². The summed E-state index contributed by atoms with van der Waals surface area (Å²) in [7, 11) is -3.82. The number of benzene rings is 1. The first-order valence-corrected chi connectivity index (χ1v) is 7.44. The van der Waals surface area contributed by atoms with Crippen molar-refractivity contribution in [3.63, 3.8) is 0 Å². The standard InChI is InChI=1S/C12H17O5P/c1-2-17-18(15,16)9-11(12(13)14)8-10-6-4-3-5-7-10/h3-7,11H,2,8-9H2,1H3,(H,13,14)(H,15,16)/t11-/m1/s1. The summed E-state index contributed by atoms with van der Waals surface area (Å²) in [6.45, 7) is 1.68. The van der Waals surface area contributed by atoms with E-state index in [0.717, 1.165) is 5.56 Å². The molecule has 0 fully saturated rings. The number of carbonyl (C=O) groups is 1. The van der Waals surface area contributed by atoms with Crippen molar-refractivity contribution in [2.45, 2.75) is 13.3 Å². The molecule has 6 heteroatoms. The maximum Gasteiger partial charge on any atom is 0.328 e. The molecule has 0 saturated heterocycles. The van der Waals surface area contributed by atoms with Crippen molar-refractivity contribution in [3.8, 4) is 0 Å². The Kier molecular flexibility index (Phi) is 5.54. The predicted octanol–water partition coefficient (Wildman–Crippen LogP) is 2.15. The third kappa shape index (κ3) is 5.00. The van der Waals surface area contributed by atoms with Gasteiger partial charge in [0.15, 0.2) is 0 Å². The maximum atomic E-state index is 11.6. The second-order valence-electron chi connectivity index (χ2n) is 3.96. The second kappa shape index (κ2) is 6.69. The summed E-state index contributed by atoms with van der Waals surface area (Å²) in [6, 6.07) is 9.01. The van der Waals surface area contributed by atoms with Crippen LogP contribution in [0.1, 0.15) is 12.5 Å². The SMILES string of the molecule is CCOP(=O)(O)C[C@@H](Cc1ccccc1)C(=O)O.